The number of nitrogens with zero attached hydrogens (tertiary/aromatic N) is 1. The minimum Gasteiger partial charge on any atom is -0.382 e. The van der Waals surface area contributed by atoms with Gasteiger partial charge in [-0.2, -0.15) is 4.37 Å². The van der Waals surface area contributed by atoms with Crippen LogP contribution in [0.3, 0.4) is 0 Å². The molecule has 0 aliphatic rings. The Morgan fingerprint density at radius 3 is 2.80 bits per heavy atom. The normalized spacial score (nSPS) is 10.2. The van der Waals surface area contributed by atoms with Crippen LogP contribution in [0, 0.1) is 0 Å². The Labute approximate surface area is 122 Å². The van der Waals surface area contributed by atoms with E-state index in [0.717, 1.165) is 16.1 Å². The first-order chi connectivity index (χ1) is 9.72. The highest BCUT2D eigenvalue weighted by atomic mass is 32.1. The molecule has 106 valence electrons. The topological polar surface area (TPSA) is 80.0 Å². The maximum Gasteiger partial charge on any atom is 0.221 e. The van der Waals surface area contributed by atoms with Crippen LogP contribution in [0.2, 0.25) is 0 Å². The zero-order valence-corrected chi connectivity index (χ0v) is 12.2. The number of nitrogen functional groups attached to an aromatic ring is 1. The summed E-state index contributed by atoms with van der Waals surface area (Å²) in [6, 6.07) is 9.88. The Morgan fingerprint density at radius 1 is 1.35 bits per heavy atom. The number of carbonyl (C=O) groups excluding carboxylic acids is 1. The van der Waals surface area contributed by atoms with Crippen LogP contribution in [0.1, 0.15) is 13.3 Å². The predicted octanol–water partition coefficient (Wildman–Crippen LogP) is 2.33. The molecule has 1 aromatic carbocycles. The minimum absolute atomic E-state index is 0.0405. The summed E-state index contributed by atoms with van der Waals surface area (Å²) in [7, 11) is 0. The van der Waals surface area contributed by atoms with Crippen molar-refractivity contribution in [2.24, 2.45) is 0 Å². The molecule has 0 aliphatic carbocycles. The first-order valence-corrected chi connectivity index (χ1v) is 7.30. The lowest BCUT2D eigenvalue weighted by Gasteiger charge is -2.07. The van der Waals surface area contributed by atoms with E-state index < -0.39 is 0 Å². The van der Waals surface area contributed by atoms with Crippen LogP contribution in [0.5, 0.6) is 0 Å². The number of rotatable bonds is 6. The third-order valence-electron chi connectivity index (χ3n) is 2.79. The first-order valence-electron chi connectivity index (χ1n) is 6.53. The molecule has 0 saturated carbocycles. The fourth-order valence-corrected chi connectivity index (χ4v) is 2.64. The van der Waals surface area contributed by atoms with Crippen molar-refractivity contribution in [3.05, 3.63) is 30.3 Å². The second-order valence-electron chi connectivity index (χ2n) is 4.27. The number of hydrogen-bond acceptors (Lipinski definition) is 5. The maximum atomic E-state index is 11.4. The summed E-state index contributed by atoms with van der Waals surface area (Å²) in [6.07, 6.45) is 0.430. The molecule has 0 bridgehead atoms. The van der Waals surface area contributed by atoms with Crippen LogP contribution >= 0.6 is 11.5 Å². The summed E-state index contributed by atoms with van der Waals surface area (Å²) in [5.74, 6) is 0.556. The summed E-state index contributed by atoms with van der Waals surface area (Å²) < 4.78 is 4.18. The smallest absolute Gasteiger partial charge is 0.221 e. The van der Waals surface area contributed by atoms with Crippen LogP contribution < -0.4 is 16.4 Å². The second-order valence-corrected chi connectivity index (χ2v) is 5.04. The molecular weight excluding hydrogens is 272 g/mol. The largest absolute Gasteiger partial charge is 0.382 e. The Balaban J connectivity index is 2.05. The van der Waals surface area contributed by atoms with Crippen molar-refractivity contribution in [3.63, 3.8) is 0 Å². The Hall–Kier alpha value is -2.08. The standard InChI is InChI=1S/C14H18N4OS/c1-2-16-11(19)8-9-17-14-12(13(15)18-20-14)10-6-4-3-5-7-10/h3-7,17H,2,8-9H2,1H3,(H2,15,18)(H,16,19). The van der Waals surface area contributed by atoms with Crippen molar-refractivity contribution in [1.29, 1.82) is 0 Å². The highest BCUT2D eigenvalue weighted by Crippen LogP contribution is 2.36. The number of carbonyl (C=O) groups is 1. The SMILES string of the molecule is CCNC(=O)CCNc1snc(N)c1-c1ccccc1. The van der Waals surface area contributed by atoms with E-state index in [1.165, 1.54) is 11.5 Å². The van der Waals surface area contributed by atoms with Gasteiger partial charge in [0.15, 0.2) is 0 Å². The van der Waals surface area contributed by atoms with Crippen LogP contribution in [0.25, 0.3) is 11.1 Å². The molecule has 2 aromatic rings. The van der Waals surface area contributed by atoms with Gasteiger partial charge in [-0.15, -0.1) is 0 Å². The summed E-state index contributed by atoms with van der Waals surface area (Å²) in [4.78, 5) is 11.4. The highest BCUT2D eigenvalue weighted by molar-refractivity contribution is 7.11. The summed E-state index contributed by atoms with van der Waals surface area (Å²) in [6.45, 7) is 3.12. The molecular formula is C14H18N4OS. The van der Waals surface area contributed by atoms with Gasteiger partial charge >= 0.3 is 0 Å². The van der Waals surface area contributed by atoms with Gasteiger partial charge < -0.3 is 16.4 Å². The number of anilines is 2. The molecule has 0 atom stereocenters. The van der Waals surface area contributed by atoms with E-state index >= 15 is 0 Å². The van der Waals surface area contributed by atoms with Crippen LogP contribution in [0.15, 0.2) is 30.3 Å². The molecule has 0 unspecified atom stereocenters. The molecule has 5 nitrogen and oxygen atoms in total. The number of hydrogen-bond donors (Lipinski definition) is 3. The monoisotopic (exact) mass is 290 g/mol. The molecule has 1 amide bonds. The number of nitrogens with two attached hydrogens (primary N) is 1. The number of amides is 1. The number of benzene rings is 1. The van der Waals surface area contributed by atoms with Crippen molar-refractivity contribution in [3.8, 4) is 11.1 Å². The van der Waals surface area contributed by atoms with E-state index in [4.69, 9.17) is 5.73 Å². The van der Waals surface area contributed by atoms with Crippen LogP contribution in [0.4, 0.5) is 10.8 Å². The third-order valence-corrected chi connectivity index (χ3v) is 3.61. The lowest BCUT2D eigenvalue weighted by atomic mass is 10.1. The molecule has 20 heavy (non-hydrogen) atoms. The van der Waals surface area contributed by atoms with Crippen molar-refractivity contribution >= 4 is 28.3 Å². The van der Waals surface area contributed by atoms with Gasteiger partial charge in [0.1, 0.15) is 10.8 Å². The van der Waals surface area contributed by atoms with E-state index in [2.05, 4.69) is 15.0 Å². The van der Waals surface area contributed by atoms with Gasteiger partial charge in [0.05, 0.1) is 5.56 Å². The fourth-order valence-electron chi connectivity index (χ4n) is 1.88. The molecule has 2 rings (SSSR count). The van der Waals surface area contributed by atoms with Gasteiger partial charge in [-0.05, 0) is 24.0 Å². The van der Waals surface area contributed by atoms with E-state index in [0.29, 0.717) is 25.3 Å². The molecule has 0 aliphatic heterocycles. The van der Waals surface area contributed by atoms with Gasteiger partial charge in [0.2, 0.25) is 5.91 Å². The van der Waals surface area contributed by atoms with E-state index in [1.54, 1.807) is 0 Å². The van der Waals surface area contributed by atoms with Crippen molar-refractivity contribution in [2.75, 3.05) is 24.1 Å². The van der Waals surface area contributed by atoms with Crippen LogP contribution in [-0.4, -0.2) is 23.4 Å². The second kappa shape index (κ2) is 6.91. The third kappa shape index (κ3) is 3.48. The molecule has 0 radical (unpaired) electrons. The van der Waals surface area contributed by atoms with Gasteiger partial charge in [-0.3, -0.25) is 4.79 Å². The quantitative estimate of drug-likeness (QED) is 0.763. The Bertz CT molecular complexity index is 568. The summed E-state index contributed by atoms with van der Waals surface area (Å²) in [5.41, 5.74) is 7.87. The fraction of sp³-hybridized carbons (Fsp3) is 0.286. The number of aromatic nitrogens is 1. The zero-order chi connectivity index (χ0) is 14.4. The molecule has 4 N–H and O–H groups in total. The van der Waals surface area contributed by atoms with Gasteiger partial charge in [0.25, 0.3) is 0 Å². The summed E-state index contributed by atoms with van der Waals surface area (Å²) >= 11 is 1.32. The molecule has 0 spiro atoms. The van der Waals surface area contributed by atoms with E-state index in [9.17, 15) is 4.79 Å². The molecule has 0 saturated heterocycles. The minimum atomic E-state index is 0.0405. The van der Waals surface area contributed by atoms with Crippen molar-refractivity contribution in [1.82, 2.24) is 9.69 Å². The van der Waals surface area contributed by atoms with Crippen LogP contribution in [-0.2, 0) is 4.79 Å². The average molecular weight is 290 g/mol. The average Bonchev–Trinajstić information content (AvgIpc) is 2.81. The van der Waals surface area contributed by atoms with Gasteiger partial charge in [-0.25, -0.2) is 0 Å². The zero-order valence-electron chi connectivity index (χ0n) is 11.3. The highest BCUT2D eigenvalue weighted by Gasteiger charge is 2.13. The van der Waals surface area contributed by atoms with Crippen molar-refractivity contribution < 1.29 is 4.79 Å². The first kappa shape index (κ1) is 14.3. The lowest BCUT2D eigenvalue weighted by Crippen LogP contribution is -2.24. The number of nitrogens with one attached hydrogen (secondary N) is 2. The molecule has 1 aromatic heterocycles. The van der Waals surface area contributed by atoms with Gasteiger partial charge in [-0.1, -0.05) is 30.3 Å². The Morgan fingerprint density at radius 2 is 2.10 bits per heavy atom. The lowest BCUT2D eigenvalue weighted by molar-refractivity contribution is -0.120. The van der Waals surface area contributed by atoms with E-state index in [-0.39, 0.29) is 5.91 Å². The van der Waals surface area contributed by atoms with E-state index in [1.807, 2.05) is 37.3 Å². The maximum absolute atomic E-state index is 11.4. The summed E-state index contributed by atoms with van der Waals surface area (Å²) in [5, 5.41) is 6.91. The molecule has 6 heteroatoms. The molecule has 0 fully saturated rings. The molecule has 1 heterocycles. The van der Waals surface area contributed by atoms with Gasteiger partial charge in [0, 0.05) is 19.5 Å². The van der Waals surface area contributed by atoms with Crippen molar-refractivity contribution in [2.45, 2.75) is 13.3 Å². The Kier molecular flexibility index (Phi) is 4.95. The predicted molar refractivity (Wildman–Crippen MR) is 83.8 cm³/mol.